The van der Waals surface area contributed by atoms with Crippen molar-refractivity contribution in [2.75, 3.05) is 39.3 Å². The molecule has 2 aliphatic heterocycles. The van der Waals surface area contributed by atoms with Gasteiger partial charge in [0.15, 0.2) is 5.69 Å². The van der Waals surface area contributed by atoms with Crippen molar-refractivity contribution >= 4 is 29.2 Å². The summed E-state index contributed by atoms with van der Waals surface area (Å²) in [5, 5.41) is 11.5. The molecule has 1 aromatic heterocycles. The molecule has 0 saturated carbocycles. The van der Waals surface area contributed by atoms with Crippen LogP contribution in [-0.2, 0) is 0 Å². The van der Waals surface area contributed by atoms with Crippen LogP contribution < -0.4 is 5.32 Å². The number of halogens is 1. The summed E-state index contributed by atoms with van der Waals surface area (Å²) < 4.78 is 0. The van der Waals surface area contributed by atoms with E-state index in [0.717, 1.165) is 50.2 Å². The van der Waals surface area contributed by atoms with Crippen LogP contribution in [0, 0.1) is 0 Å². The van der Waals surface area contributed by atoms with Crippen molar-refractivity contribution in [3.8, 4) is 0 Å². The number of nitrogens with zero attached hydrogens (tertiary/aromatic N) is 3. The van der Waals surface area contributed by atoms with Crippen LogP contribution >= 0.6 is 12.4 Å². The molecule has 0 aliphatic carbocycles. The predicted octanol–water partition coefficient (Wildman–Crippen LogP) is 1.10. The standard InChI is InChI=1S/C16H21N5O.ClH/c22-16(15-13-3-1-2-4-14(13)18-19-15)21-9-7-20(8-10-21)12-5-6-17-11-12;/h1-4,12,17H,5-11H2,(H,18,19);1H. The van der Waals surface area contributed by atoms with Gasteiger partial charge >= 0.3 is 0 Å². The van der Waals surface area contributed by atoms with Gasteiger partial charge in [0.2, 0.25) is 0 Å². The molecule has 4 rings (SSSR count). The summed E-state index contributed by atoms with van der Waals surface area (Å²) in [7, 11) is 0. The van der Waals surface area contributed by atoms with Crippen LogP contribution in [0.5, 0.6) is 0 Å². The second kappa shape index (κ2) is 6.86. The van der Waals surface area contributed by atoms with Crippen molar-refractivity contribution in [2.24, 2.45) is 0 Å². The number of piperazine rings is 1. The van der Waals surface area contributed by atoms with Gasteiger partial charge < -0.3 is 10.2 Å². The quantitative estimate of drug-likeness (QED) is 0.863. The first kappa shape index (κ1) is 16.2. The molecule has 0 radical (unpaired) electrons. The van der Waals surface area contributed by atoms with Gasteiger partial charge in [0.05, 0.1) is 5.52 Å². The molecular weight excluding hydrogens is 314 g/mol. The van der Waals surface area contributed by atoms with Gasteiger partial charge in [0.1, 0.15) is 0 Å². The minimum absolute atomic E-state index is 0. The number of carbonyl (C=O) groups is 1. The molecule has 1 atom stereocenters. The first-order chi connectivity index (χ1) is 10.8. The van der Waals surface area contributed by atoms with E-state index in [1.165, 1.54) is 6.42 Å². The smallest absolute Gasteiger partial charge is 0.275 e. The van der Waals surface area contributed by atoms with Gasteiger partial charge in [-0.2, -0.15) is 5.10 Å². The van der Waals surface area contributed by atoms with E-state index in [1.54, 1.807) is 0 Å². The molecule has 2 aliphatic rings. The van der Waals surface area contributed by atoms with Gasteiger partial charge in [-0.15, -0.1) is 12.4 Å². The summed E-state index contributed by atoms with van der Waals surface area (Å²) in [4.78, 5) is 17.2. The molecule has 3 heterocycles. The molecule has 1 aromatic carbocycles. The zero-order valence-electron chi connectivity index (χ0n) is 13.0. The van der Waals surface area contributed by atoms with E-state index >= 15 is 0 Å². The van der Waals surface area contributed by atoms with Gasteiger partial charge in [-0.1, -0.05) is 18.2 Å². The zero-order valence-corrected chi connectivity index (χ0v) is 13.8. The Labute approximate surface area is 141 Å². The average Bonchev–Trinajstić information content (AvgIpc) is 3.24. The van der Waals surface area contributed by atoms with Crippen LogP contribution in [0.4, 0.5) is 0 Å². The molecule has 124 valence electrons. The summed E-state index contributed by atoms with van der Waals surface area (Å²) in [5.74, 6) is 0.0432. The number of rotatable bonds is 2. The van der Waals surface area contributed by atoms with Crippen molar-refractivity contribution in [1.29, 1.82) is 0 Å². The fourth-order valence-corrected chi connectivity index (χ4v) is 3.52. The topological polar surface area (TPSA) is 64.3 Å². The number of fused-ring (bicyclic) bond motifs is 1. The number of hydrogen-bond acceptors (Lipinski definition) is 4. The minimum Gasteiger partial charge on any atom is -0.335 e. The second-order valence-corrected chi connectivity index (χ2v) is 6.09. The van der Waals surface area contributed by atoms with Crippen molar-refractivity contribution in [3.05, 3.63) is 30.0 Å². The lowest BCUT2D eigenvalue weighted by molar-refractivity contribution is 0.0580. The lowest BCUT2D eigenvalue weighted by Crippen LogP contribution is -2.52. The molecule has 2 fully saturated rings. The Morgan fingerprint density at radius 2 is 1.96 bits per heavy atom. The molecule has 6 nitrogen and oxygen atoms in total. The van der Waals surface area contributed by atoms with Crippen LogP contribution in [0.1, 0.15) is 16.9 Å². The largest absolute Gasteiger partial charge is 0.335 e. The fourth-order valence-electron chi connectivity index (χ4n) is 3.52. The first-order valence-electron chi connectivity index (χ1n) is 8.00. The van der Waals surface area contributed by atoms with E-state index in [2.05, 4.69) is 20.4 Å². The maximum absolute atomic E-state index is 12.7. The van der Waals surface area contributed by atoms with Crippen molar-refractivity contribution in [1.82, 2.24) is 25.3 Å². The van der Waals surface area contributed by atoms with Crippen LogP contribution in [0.15, 0.2) is 24.3 Å². The van der Waals surface area contributed by atoms with Crippen molar-refractivity contribution < 1.29 is 4.79 Å². The lowest BCUT2D eigenvalue weighted by Gasteiger charge is -2.37. The zero-order chi connectivity index (χ0) is 14.9. The number of benzene rings is 1. The number of H-pyrrole nitrogens is 1. The highest BCUT2D eigenvalue weighted by Gasteiger charge is 2.29. The third-order valence-electron chi connectivity index (χ3n) is 4.83. The van der Waals surface area contributed by atoms with E-state index in [9.17, 15) is 4.79 Å². The maximum Gasteiger partial charge on any atom is 0.275 e. The van der Waals surface area contributed by atoms with Gasteiger partial charge in [-0.3, -0.25) is 14.8 Å². The SMILES string of the molecule is Cl.O=C(c1n[nH]c2ccccc12)N1CCN(C2CCNC2)CC1. The molecule has 2 aromatic rings. The molecule has 23 heavy (non-hydrogen) atoms. The average molecular weight is 336 g/mol. The number of aromatic nitrogens is 2. The number of para-hydroxylation sites is 1. The molecular formula is C16H22ClN5O. The van der Waals surface area contributed by atoms with Crippen LogP contribution in [0.3, 0.4) is 0 Å². The number of aromatic amines is 1. The Hall–Kier alpha value is -1.63. The minimum atomic E-state index is 0. The monoisotopic (exact) mass is 335 g/mol. The lowest BCUT2D eigenvalue weighted by atomic mass is 10.1. The van der Waals surface area contributed by atoms with Gasteiger partial charge in [-0.05, 0) is 19.0 Å². The highest BCUT2D eigenvalue weighted by Crippen LogP contribution is 2.18. The third-order valence-corrected chi connectivity index (χ3v) is 4.83. The van der Waals surface area contributed by atoms with E-state index in [1.807, 2.05) is 29.2 Å². The summed E-state index contributed by atoms with van der Waals surface area (Å²) in [6.45, 7) is 5.69. The summed E-state index contributed by atoms with van der Waals surface area (Å²) in [6.07, 6.45) is 1.22. The highest BCUT2D eigenvalue weighted by molar-refractivity contribution is 6.04. The van der Waals surface area contributed by atoms with Crippen LogP contribution in [0.25, 0.3) is 10.9 Å². The molecule has 2 saturated heterocycles. The van der Waals surface area contributed by atoms with E-state index in [-0.39, 0.29) is 18.3 Å². The number of carbonyl (C=O) groups excluding carboxylic acids is 1. The van der Waals surface area contributed by atoms with Gasteiger partial charge in [-0.25, -0.2) is 0 Å². The van der Waals surface area contributed by atoms with Crippen molar-refractivity contribution in [2.45, 2.75) is 12.5 Å². The number of hydrogen-bond donors (Lipinski definition) is 2. The van der Waals surface area contributed by atoms with Crippen LogP contribution in [-0.4, -0.2) is 71.2 Å². The van der Waals surface area contributed by atoms with E-state index in [4.69, 9.17) is 0 Å². The Morgan fingerprint density at radius 1 is 1.17 bits per heavy atom. The van der Waals surface area contributed by atoms with Gasteiger partial charge in [0.25, 0.3) is 5.91 Å². The second-order valence-electron chi connectivity index (χ2n) is 6.09. The molecule has 1 unspecified atom stereocenters. The van der Waals surface area contributed by atoms with Gasteiger partial charge in [0, 0.05) is 44.2 Å². The number of amides is 1. The maximum atomic E-state index is 12.7. The summed E-state index contributed by atoms with van der Waals surface area (Å²) >= 11 is 0. The molecule has 0 spiro atoms. The molecule has 0 bridgehead atoms. The third kappa shape index (κ3) is 3.06. The molecule has 1 amide bonds. The summed E-state index contributed by atoms with van der Waals surface area (Å²) in [5.41, 5.74) is 1.47. The highest BCUT2D eigenvalue weighted by atomic mass is 35.5. The predicted molar refractivity (Wildman–Crippen MR) is 92.1 cm³/mol. The Bertz CT molecular complexity index is 674. The normalized spacial score (nSPS) is 22.3. The fraction of sp³-hybridized carbons (Fsp3) is 0.500. The van der Waals surface area contributed by atoms with Crippen LogP contribution in [0.2, 0.25) is 0 Å². The Balaban J connectivity index is 0.00000156. The Morgan fingerprint density at radius 3 is 2.70 bits per heavy atom. The number of nitrogens with one attached hydrogen (secondary N) is 2. The Kier molecular flexibility index (Phi) is 4.84. The molecule has 7 heteroatoms. The first-order valence-corrected chi connectivity index (χ1v) is 8.00. The van der Waals surface area contributed by atoms with Crippen molar-refractivity contribution in [3.63, 3.8) is 0 Å². The van der Waals surface area contributed by atoms with E-state index < -0.39 is 0 Å². The van der Waals surface area contributed by atoms with E-state index in [0.29, 0.717) is 11.7 Å². The summed E-state index contributed by atoms with van der Waals surface area (Å²) in [6, 6.07) is 8.43. The molecule has 2 N–H and O–H groups in total.